The van der Waals surface area contributed by atoms with Crippen molar-refractivity contribution in [2.45, 2.75) is 65.0 Å². The molecule has 0 radical (unpaired) electrons. The molecule has 0 saturated carbocycles. The average Bonchev–Trinajstić information content (AvgIpc) is 2.47. The molecule has 0 aromatic heterocycles. The summed E-state index contributed by atoms with van der Waals surface area (Å²) < 4.78 is 0. The van der Waals surface area contributed by atoms with Gasteiger partial charge in [0.2, 0.25) is 5.91 Å². The Morgan fingerprint density at radius 3 is 2.62 bits per heavy atom. The van der Waals surface area contributed by atoms with E-state index in [1.54, 1.807) is 0 Å². The van der Waals surface area contributed by atoms with E-state index in [-0.39, 0.29) is 0 Å². The van der Waals surface area contributed by atoms with Gasteiger partial charge < -0.3 is 4.90 Å². The molecule has 2 atom stereocenters. The van der Waals surface area contributed by atoms with Gasteiger partial charge in [0.15, 0.2) is 0 Å². The Hall–Kier alpha value is -0.530. The van der Waals surface area contributed by atoms with Crippen molar-refractivity contribution in [3.8, 4) is 0 Å². The van der Waals surface area contributed by atoms with Crippen molar-refractivity contribution in [1.82, 2.24) is 4.90 Å². The van der Waals surface area contributed by atoms with E-state index in [4.69, 9.17) is 0 Å². The summed E-state index contributed by atoms with van der Waals surface area (Å²) in [5.74, 6) is 0.361. The van der Waals surface area contributed by atoms with Crippen LogP contribution >= 0.6 is 0 Å². The highest BCUT2D eigenvalue weighted by atomic mass is 16.2. The van der Waals surface area contributed by atoms with Crippen LogP contribution in [0.2, 0.25) is 0 Å². The second-order valence-corrected chi connectivity index (χ2v) is 4.04. The quantitative estimate of drug-likeness (QED) is 0.658. The van der Waals surface area contributed by atoms with Crippen LogP contribution in [-0.2, 0) is 4.79 Å². The van der Waals surface area contributed by atoms with Crippen LogP contribution in [0.4, 0.5) is 0 Å². The second-order valence-electron chi connectivity index (χ2n) is 4.04. The fourth-order valence-electron chi connectivity index (χ4n) is 2.26. The van der Waals surface area contributed by atoms with Crippen LogP contribution in [0.3, 0.4) is 0 Å². The number of hydrogen-bond acceptors (Lipinski definition) is 1. The topological polar surface area (TPSA) is 20.3 Å². The van der Waals surface area contributed by atoms with Gasteiger partial charge in [-0.3, -0.25) is 4.79 Å². The number of nitrogens with zero attached hydrogens (tertiary/aromatic N) is 1. The van der Waals surface area contributed by atoms with Crippen LogP contribution in [0.25, 0.3) is 0 Å². The number of carbonyl (C=O) groups excluding carboxylic acids is 1. The first kappa shape index (κ1) is 10.6. The van der Waals surface area contributed by atoms with Gasteiger partial charge in [0.05, 0.1) is 0 Å². The van der Waals surface area contributed by atoms with Gasteiger partial charge in [0.1, 0.15) is 0 Å². The van der Waals surface area contributed by atoms with Crippen molar-refractivity contribution in [2.24, 2.45) is 0 Å². The van der Waals surface area contributed by atoms with Crippen molar-refractivity contribution in [1.29, 1.82) is 0 Å². The van der Waals surface area contributed by atoms with Crippen LogP contribution < -0.4 is 0 Å². The standard InChI is InChI=1S/C11H21NO/c1-4-6-11(13)12-9(3)7-8-10(12)5-2/h9-10H,4-8H2,1-3H3. The van der Waals surface area contributed by atoms with Gasteiger partial charge in [-0.25, -0.2) is 0 Å². The third-order valence-corrected chi connectivity index (χ3v) is 3.01. The predicted molar refractivity (Wildman–Crippen MR) is 54.5 cm³/mol. The van der Waals surface area contributed by atoms with E-state index in [2.05, 4.69) is 25.7 Å². The van der Waals surface area contributed by atoms with Crippen molar-refractivity contribution >= 4 is 5.91 Å². The summed E-state index contributed by atoms with van der Waals surface area (Å²) in [4.78, 5) is 13.9. The molecule has 1 amide bonds. The molecule has 13 heavy (non-hydrogen) atoms. The Morgan fingerprint density at radius 1 is 1.38 bits per heavy atom. The Morgan fingerprint density at radius 2 is 2.08 bits per heavy atom. The number of amides is 1. The zero-order chi connectivity index (χ0) is 9.84. The first-order valence-electron chi connectivity index (χ1n) is 5.51. The van der Waals surface area contributed by atoms with Crippen molar-refractivity contribution in [2.75, 3.05) is 0 Å². The lowest BCUT2D eigenvalue weighted by Crippen LogP contribution is -2.39. The lowest BCUT2D eigenvalue weighted by Gasteiger charge is -2.27. The molecule has 1 saturated heterocycles. The van der Waals surface area contributed by atoms with E-state index in [0.29, 0.717) is 18.0 Å². The molecule has 2 unspecified atom stereocenters. The maximum Gasteiger partial charge on any atom is 0.223 e. The lowest BCUT2D eigenvalue weighted by molar-refractivity contribution is -0.133. The summed E-state index contributed by atoms with van der Waals surface area (Å²) >= 11 is 0. The molecule has 1 fully saturated rings. The largest absolute Gasteiger partial charge is 0.337 e. The highest BCUT2D eigenvalue weighted by Crippen LogP contribution is 2.26. The molecule has 76 valence electrons. The summed E-state index contributed by atoms with van der Waals surface area (Å²) in [7, 11) is 0. The number of rotatable bonds is 3. The highest BCUT2D eigenvalue weighted by Gasteiger charge is 2.32. The maximum absolute atomic E-state index is 11.8. The summed E-state index contributed by atoms with van der Waals surface area (Å²) in [5.41, 5.74) is 0. The molecule has 0 bridgehead atoms. The van der Waals surface area contributed by atoms with E-state index < -0.39 is 0 Å². The lowest BCUT2D eigenvalue weighted by atomic mass is 10.1. The van der Waals surface area contributed by atoms with Crippen LogP contribution in [0.1, 0.15) is 52.9 Å². The second kappa shape index (κ2) is 4.64. The average molecular weight is 183 g/mol. The summed E-state index contributed by atoms with van der Waals surface area (Å²) in [6, 6.07) is 0.998. The van der Waals surface area contributed by atoms with Crippen molar-refractivity contribution in [3.05, 3.63) is 0 Å². The minimum absolute atomic E-state index is 0.361. The number of hydrogen-bond donors (Lipinski definition) is 0. The van der Waals surface area contributed by atoms with Gasteiger partial charge in [-0.2, -0.15) is 0 Å². The molecule has 1 rings (SSSR count). The van der Waals surface area contributed by atoms with Crippen LogP contribution in [-0.4, -0.2) is 22.9 Å². The Kier molecular flexibility index (Phi) is 3.76. The first-order valence-corrected chi connectivity index (χ1v) is 5.51. The molecule has 2 heteroatoms. The zero-order valence-electron chi connectivity index (χ0n) is 9.05. The van der Waals surface area contributed by atoms with E-state index >= 15 is 0 Å². The molecule has 0 N–H and O–H groups in total. The van der Waals surface area contributed by atoms with Gasteiger partial charge >= 0.3 is 0 Å². The van der Waals surface area contributed by atoms with E-state index in [1.165, 1.54) is 12.8 Å². The fourth-order valence-corrected chi connectivity index (χ4v) is 2.26. The maximum atomic E-state index is 11.8. The van der Waals surface area contributed by atoms with Gasteiger partial charge in [0.25, 0.3) is 0 Å². The highest BCUT2D eigenvalue weighted by molar-refractivity contribution is 5.77. The van der Waals surface area contributed by atoms with Crippen LogP contribution in [0.5, 0.6) is 0 Å². The summed E-state index contributed by atoms with van der Waals surface area (Å²) in [5, 5.41) is 0. The molecule has 1 heterocycles. The predicted octanol–water partition coefficient (Wildman–Crippen LogP) is 2.58. The van der Waals surface area contributed by atoms with Gasteiger partial charge in [-0.1, -0.05) is 13.8 Å². The summed E-state index contributed by atoms with van der Waals surface area (Å²) in [6.45, 7) is 6.41. The monoisotopic (exact) mass is 183 g/mol. The van der Waals surface area contributed by atoms with Crippen LogP contribution in [0, 0.1) is 0 Å². The molecule has 1 aliphatic rings. The van der Waals surface area contributed by atoms with E-state index in [0.717, 1.165) is 19.3 Å². The molecule has 0 aromatic rings. The molecule has 2 nitrogen and oxygen atoms in total. The molecular formula is C11H21NO. The minimum atomic E-state index is 0.361. The normalized spacial score (nSPS) is 28.1. The Bertz CT molecular complexity index is 179. The van der Waals surface area contributed by atoms with Gasteiger partial charge in [-0.15, -0.1) is 0 Å². The van der Waals surface area contributed by atoms with Gasteiger partial charge in [-0.05, 0) is 32.6 Å². The molecule has 0 aromatic carbocycles. The molecular weight excluding hydrogens is 162 g/mol. The minimum Gasteiger partial charge on any atom is -0.337 e. The number of likely N-dealkylation sites (tertiary alicyclic amines) is 1. The SMILES string of the molecule is CCCC(=O)N1C(C)CCC1CC. The van der Waals surface area contributed by atoms with Crippen molar-refractivity contribution in [3.63, 3.8) is 0 Å². The Labute approximate surface area is 81.3 Å². The van der Waals surface area contributed by atoms with Gasteiger partial charge in [0, 0.05) is 18.5 Å². The third kappa shape index (κ3) is 2.23. The third-order valence-electron chi connectivity index (χ3n) is 3.01. The fraction of sp³-hybridized carbons (Fsp3) is 0.909. The zero-order valence-corrected chi connectivity index (χ0v) is 9.05. The first-order chi connectivity index (χ1) is 6.20. The number of carbonyl (C=O) groups is 1. The Balaban J connectivity index is 2.58. The smallest absolute Gasteiger partial charge is 0.223 e. The van der Waals surface area contributed by atoms with E-state index in [9.17, 15) is 4.79 Å². The molecule has 0 spiro atoms. The van der Waals surface area contributed by atoms with Crippen LogP contribution in [0.15, 0.2) is 0 Å². The summed E-state index contributed by atoms with van der Waals surface area (Å²) in [6.07, 6.45) is 5.19. The van der Waals surface area contributed by atoms with Crippen molar-refractivity contribution < 1.29 is 4.79 Å². The van der Waals surface area contributed by atoms with E-state index in [1.807, 2.05) is 0 Å². The molecule has 1 aliphatic heterocycles. The molecule has 0 aliphatic carbocycles.